The lowest BCUT2D eigenvalue weighted by Crippen LogP contribution is -2.07. The number of hydrogen-bond acceptors (Lipinski definition) is 3. The second-order valence-electron chi connectivity index (χ2n) is 3.97. The van der Waals surface area contributed by atoms with Gasteiger partial charge < -0.3 is 10.5 Å². The number of nitrogens with two attached hydrogens (primary N) is 1. The highest BCUT2D eigenvalue weighted by Gasteiger charge is 2.08. The smallest absolute Gasteiger partial charge is 0.338 e. The van der Waals surface area contributed by atoms with Crippen molar-refractivity contribution in [1.29, 1.82) is 0 Å². The van der Waals surface area contributed by atoms with Gasteiger partial charge in [0.1, 0.15) is 0 Å². The Hall–Kier alpha value is -1.22. The maximum Gasteiger partial charge on any atom is 0.338 e. The quantitative estimate of drug-likeness (QED) is 0.479. The van der Waals surface area contributed by atoms with Crippen molar-refractivity contribution >= 4 is 23.3 Å². The molecule has 3 nitrogen and oxygen atoms in total. The highest BCUT2D eigenvalue weighted by atomic mass is 35.5. The van der Waals surface area contributed by atoms with E-state index in [2.05, 4.69) is 6.92 Å². The van der Waals surface area contributed by atoms with Crippen LogP contribution in [0.5, 0.6) is 0 Å². The second kappa shape index (κ2) is 7.17. The third-order valence-corrected chi connectivity index (χ3v) is 2.61. The first-order valence-corrected chi connectivity index (χ1v) is 6.24. The molecule has 2 N–H and O–H groups in total. The average molecular weight is 256 g/mol. The molecular formula is C13H18ClNO2. The molecule has 1 aromatic rings. The van der Waals surface area contributed by atoms with Crippen molar-refractivity contribution in [2.75, 3.05) is 12.3 Å². The molecule has 17 heavy (non-hydrogen) atoms. The van der Waals surface area contributed by atoms with Crippen molar-refractivity contribution in [2.24, 2.45) is 0 Å². The Kier molecular flexibility index (Phi) is 5.84. The minimum absolute atomic E-state index is 0.365. The van der Waals surface area contributed by atoms with Crippen LogP contribution in [-0.4, -0.2) is 12.6 Å². The molecule has 0 heterocycles. The number of hydrogen-bond donors (Lipinski definition) is 1. The Labute approximate surface area is 107 Å². The Morgan fingerprint density at radius 3 is 2.71 bits per heavy atom. The third kappa shape index (κ3) is 5.09. The van der Waals surface area contributed by atoms with E-state index in [9.17, 15) is 4.79 Å². The van der Waals surface area contributed by atoms with Gasteiger partial charge in [-0.2, -0.15) is 0 Å². The molecule has 0 amide bonds. The molecular weight excluding hydrogens is 238 g/mol. The molecule has 0 fully saturated rings. The van der Waals surface area contributed by atoms with Gasteiger partial charge >= 0.3 is 5.97 Å². The minimum Gasteiger partial charge on any atom is -0.462 e. The molecule has 0 aliphatic heterocycles. The summed E-state index contributed by atoms with van der Waals surface area (Å²) in [5, 5.41) is 0.447. The van der Waals surface area contributed by atoms with Gasteiger partial charge in [0.25, 0.3) is 0 Å². The lowest BCUT2D eigenvalue weighted by molar-refractivity contribution is 0.0498. The summed E-state index contributed by atoms with van der Waals surface area (Å²) >= 11 is 5.81. The van der Waals surface area contributed by atoms with Crippen LogP contribution in [0.1, 0.15) is 43.0 Å². The Morgan fingerprint density at radius 2 is 2.06 bits per heavy atom. The predicted molar refractivity (Wildman–Crippen MR) is 70.3 cm³/mol. The van der Waals surface area contributed by atoms with Gasteiger partial charge in [0.2, 0.25) is 0 Å². The third-order valence-electron chi connectivity index (χ3n) is 2.39. The number of unbranched alkanes of at least 4 members (excludes halogenated alkanes) is 3. The lowest BCUT2D eigenvalue weighted by Gasteiger charge is -2.05. The van der Waals surface area contributed by atoms with Crippen LogP contribution >= 0.6 is 11.6 Å². The fourth-order valence-corrected chi connectivity index (χ4v) is 1.75. The first-order valence-electron chi connectivity index (χ1n) is 5.86. The maximum absolute atomic E-state index is 11.6. The van der Waals surface area contributed by atoms with Crippen molar-refractivity contribution in [1.82, 2.24) is 0 Å². The Balaban J connectivity index is 2.41. The van der Waals surface area contributed by atoms with E-state index in [1.807, 2.05) is 0 Å². The van der Waals surface area contributed by atoms with E-state index in [0.717, 1.165) is 12.8 Å². The normalized spacial score (nSPS) is 10.2. The maximum atomic E-state index is 11.6. The molecule has 0 spiro atoms. The first-order chi connectivity index (χ1) is 8.13. The van der Waals surface area contributed by atoms with Gasteiger partial charge in [-0.3, -0.25) is 0 Å². The molecule has 0 aliphatic rings. The van der Waals surface area contributed by atoms with E-state index in [1.165, 1.54) is 12.8 Å². The number of halogens is 1. The summed E-state index contributed by atoms with van der Waals surface area (Å²) in [6, 6.07) is 4.73. The lowest BCUT2D eigenvalue weighted by atomic mass is 10.2. The van der Waals surface area contributed by atoms with E-state index >= 15 is 0 Å². The molecule has 0 bridgehead atoms. The summed E-state index contributed by atoms with van der Waals surface area (Å²) in [5.74, 6) is -0.365. The van der Waals surface area contributed by atoms with E-state index < -0.39 is 0 Å². The monoisotopic (exact) mass is 255 g/mol. The molecule has 0 saturated carbocycles. The summed E-state index contributed by atoms with van der Waals surface area (Å²) in [6.07, 6.45) is 4.32. The van der Waals surface area contributed by atoms with Crippen LogP contribution < -0.4 is 5.73 Å². The summed E-state index contributed by atoms with van der Waals surface area (Å²) < 4.78 is 5.13. The van der Waals surface area contributed by atoms with E-state index in [-0.39, 0.29) is 5.97 Å². The highest BCUT2D eigenvalue weighted by Crippen LogP contribution is 2.17. The molecule has 0 saturated heterocycles. The van der Waals surface area contributed by atoms with Crippen LogP contribution in [0.3, 0.4) is 0 Å². The number of nitrogen functional groups attached to an aromatic ring is 1. The number of carbonyl (C=O) groups is 1. The molecule has 4 heteroatoms. The van der Waals surface area contributed by atoms with Crippen LogP contribution in [0.15, 0.2) is 18.2 Å². The topological polar surface area (TPSA) is 52.3 Å². The zero-order chi connectivity index (χ0) is 12.7. The largest absolute Gasteiger partial charge is 0.462 e. The van der Waals surface area contributed by atoms with Gasteiger partial charge in [0.05, 0.1) is 12.2 Å². The molecule has 0 aliphatic carbocycles. The van der Waals surface area contributed by atoms with Crippen molar-refractivity contribution in [3.8, 4) is 0 Å². The fraction of sp³-hybridized carbons (Fsp3) is 0.462. The summed E-state index contributed by atoms with van der Waals surface area (Å²) in [7, 11) is 0. The minimum atomic E-state index is -0.365. The fourth-order valence-electron chi connectivity index (χ4n) is 1.51. The summed E-state index contributed by atoms with van der Waals surface area (Å²) in [4.78, 5) is 11.6. The predicted octanol–water partition coefficient (Wildman–Crippen LogP) is 3.66. The van der Waals surface area contributed by atoms with Crippen molar-refractivity contribution in [3.63, 3.8) is 0 Å². The standard InChI is InChI=1S/C13H18ClNO2/c1-2-3-4-5-6-17-13(16)10-7-11(14)9-12(15)8-10/h7-9H,2-6,15H2,1H3. The van der Waals surface area contributed by atoms with Crippen molar-refractivity contribution in [2.45, 2.75) is 32.6 Å². The summed E-state index contributed by atoms with van der Waals surface area (Å²) in [5.41, 5.74) is 6.48. The number of ether oxygens (including phenoxy) is 1. The zero-order valence-corrected chi connectivity index (χ0v) is 10.8. The molecule has 0 atom stereocenters. The second-order valence-corrected chi connectivity index (χ2v) is 4.41. The number of rotatable bonds is 6. The number of carbonyl (C=O) groups excluding carboxylic acids is 1. The Morgan fingerprint density at radius 1 is 1.29 bits per heavy atom. The zero-order valence-electron chi connectivity index (χ0n) is 10.0. The number of benzene rings is 1. The van der Waals surface area contributed by atoms with Gasteiger partial charge in [-0.1, -0.05) is 37.8 Å². The molecule has 0 unspecified atom stereocenters. The van der Waals surface area contributed by atoms with Crippen molar-refractivity contribution < 1.29 is 9.53 Å². The number of anilines is 1. The van der Waals surface area contributed by atoms with Crippen LogP contribution in [0, 0.1) is 0 Å². The van der Waals surface area contributed by atoms with Crippen LogP contribution in [0.4, 0.5) is 5.69 Å². The van der Waals surface area contributed by atoms with Gasteiger partial charge in [-0.15, -0.1) is 0 Å². The van der Waals surface area contributed by atoms with Crippen molar-refractivity contribution in [3.05, 3.63) is 28.8 Å². The Bertz CT molecular complexity index is 359. The first kappa shape index (κ1) is 13.8. The molecule has 0 radical (unpaired) electrons. The van der Waals surface area contributed by atoms with Crippen LogP contribution in [0.25, 0.3) is 0 Å². The molecule has 94 valence electrons. The molecule has 0 aromatic heterocycles. The molecule has 1 rings (SSSR count). The number of esters is 1. The van der Waals surface area contributed by atoms with Gasteiger partial charge in [0, 0.05) is 10.7 Å². The van der Waals surface area contributed by atoms with Gasteiger partial charge in [0.15, 0.2) is 0 Å². The highest BCUT2D eigenvalue weighted by molar-refractivity contribution is 6.31. The van der Waals surface area contributed by atoms with Crippen LogP contribution in [0.2, 0.25) is 5.02 Å². The van der Waals surface area contributed by atoms with Gasteiger partial charge in [-0.05, 0) is 24.6 Å². The van der Waals surface area contributed by atoms with E-state index in [4.69, 9.17) is 22.1 Å². The van der Waals surface area contributed by atoms with E-state index in [0.29, 0.717) is 22.9 Å². The SMILES string of the molecule is CCCCCCOC(=O)c1cc(N)cc(Cl)c1. The van der Waals surface area contributed by atoms with E-state index in [1.54, 1.807) is 18.2 Å². The average Bonchev–Trinajstić information content (AvgIpc) is 2.27. The van der Waals surface area contributed by atoms with Crippen LogP contribution in [-0.2, 0) is 4.74 Å². The van der Waals surface area contributed by atoms with Gasteiger partial charge in [-0.25, -0.2) is 4.79 Å². The molecule has 1 aromatic carbocycles. The summed E-state index contributed by atoms with van der Waals surface area (Å²) in [6.45, 7) is 2.59.